The third kappa shape index (κ3) is 2.92. The third-order valence-corrected chi connectivity index (χ3v) is 3.58. The predicted molar refractivity (Wildman–Crippen MR) is 76.9 cm³/mol. The lowest BCUT2D eigenvalue weighted by Gasteiger charge is -2.23. The second kappa shape index (κ2) is 6.20. The van der Waals surface area contributed by atoms with Crippen molar-refractivity contribution in [3.8, 4) is 5.75 Å². The number of rotatable bonds is 4. The molecule has 0 bridgehead atoms. The van der Waals surface area contributed by atoms with Crippen LogP contribution in [0.15, 0.2) is 30.5 Å². The summed E-state index contributed by atoms with van der Waals surface area (Å²) < 4.78 is 16.5. The van der Waals surface area contributed by atoms with Gasteiger partial charge in [-0.2, -0.15) is 0 Å². The maximum absolute atomic E-state index is 5.59. The highest BCUT2D eigenvalue weighted by atomic mass is 16.7. The van der Waals surface area contributed by atoms with Crippen LogP contribution in [-0.4, -0.2) is 31.6 Å². The Morgan fingerprint density at radius 3 is 2.90 bits per heavy atom. The van der Waals surface area contributed by atoms with Gasteiger partial charge in [-0.1, -0.05) is 0 Å². The Labute approximate surface area is 118 Å². The Balaban J connectivity index is 1.79. The molecule has 0 spiro atoms. The van der Waals surface area contributed by atoms with Gasteiger partial charge < -0.3 is 14.2 Å². The molecule has 0 amide bonds. The topological polar surface area (TPSA) is 40.6 Å². The molecule has 2 aromatic rings. The van der Waals surface area contributed by atoms with Gasteiger partial charge in [0, 0.05) is 18.0 Å². The van der Waals surface area contributed by atoms with Crippen molar-refractivity contribution in [2.24, 2.45) is 0 Å². The fourth-order valence-corrected chi connectivity index (χ4v) is 2.50. The number of pyridine rings is 1. The molecule has 1 aliphatic heterocycles. The molecule has 1 saturated heterocycles. The van der Waals surface area contributed by atoms with Crippen molar-refractivity contribution < 1.29 is 14.2 Å². The summed E-state index contributed by atoms with van der Waals surface area (Å²) in [5.41, 5.74) is 2.25. The van der Waals surface area contributed by atoms with Gasteiger partial charge in [-0.15, -0.1) is 0 Å². The Bertz CT molecular complexity index is 579. The average molecular weight is 273 g/mol. The average Bonchev–Trinajstić information content (AvgIpc) is 2.53. The van der Waals surface area contributed by atoms with Crippen molar-refractivity contribution >= 4 is 10.9 Å². The lowest BCUT2D eigenvalue weighted by atomic mass is 10.0. The number of fused-ring (bicyclic) bond motifs is 1. The first-order valence-corrected chi connectivity index (χ1v) is 7.01. The molecule has 1 aliphatic rings. The van der Waals surface area contributed by atoms with E-state index in [1.54, 1.807) is 7.11 Å². The lowest BCUT2D eigenvalue weighted by Crippen LogP contribution is -2.25. The number of benzene rings is 1. The monoisotopic (exact) mass is 273 g/mol. The number of hydrogen-bond donors (Lipinski definition) is 0. The van der Waals surface area contributed by atoms with E-state index in [2.05, 4.69) is 11.1 Å². The van der Waals surface area contributed by atoms with Gasteiger partial charge >= 0.3 is 0 Å². The Hall–Kier alpha value is -1.65. The van der Waals surface area contributed by atoms with Crippen molar-refractivity contribution in [1.29, 1.82) is 0 Å². The van der Waals surface area contributed by atoms with Gasteiger partial charge in [-0.05, 0) is 42.7 Å². The first-order valence-electron chi connectivity index (χ1n) is 7.01. The molecule has 1 aromatic heterocycles. The van der Waals surface area contributed by atoms with Gasteiger partial charge in [-0.3, -0.25) is 4.98 Å². The van der Waals surface area contributed by atoms with Crippen molar-refractivity contribution in [3.63, 3.8) is 0 Å². The minimum absolute atomic E-state index is 0.0717. The molecule has 20 heavy (non-hydrogen) atoms. The second-order valence-electron chi connectivity index (χ2n) is 4.92. The Kier molecular flexibility index (Phi) is 4.14. The van der Waals surface area contributed by atoms with E-state index < -0.39 is 0 Å². The van der Waals surface area contributed by atoms with E-state index in [0.717, 1.165) is 49.1 Å². The molecule has 0 unspecified atom stereocenters. The number of aromatic nitrogens is 1. The van der Waals surface area contributed by atoms with Gasteiger partial charge in [0.1, 0.15) is 5.75 Å². The molecule has 1 fully saturated rings. The van der Waals surface area contributed by atoms with E-state index in [9.17, 15) is 0 Å². The third-order valence-electron chi connectivity index (χ3n) is 3.58. The minimum Gasteiger partial charge on any atom is -0.497 e. The van der Waals surface area contributed by atoms with E-state index in [1.165, 1.54) is 5.56 Å². The fourth-order valence-electron chi connectivity index (χ4n) is 2.50. The molecule has 2 heterocycles. The largest absolute Gasteiger partial charge is 0.497 e. The minimum atomic E-state index is -0.0717. The van der Waals surface area contributed by atoms with Crippen LogP contribution >= 0.6 is 0 Å². The van der Waals surface area contributed by atoms with Gasteiger partial charge in [0.05, 0.1) is 25.8 Å². The number of methoxy groups -OCH3 is 1. The molecule has 0 saturated carbocycles. The second-order valence-corrected chi connectivity index (χ2v) is 4.92. The molecule has 0 N–H and O–H groups in total. The number of hydrogen-bond acceptors (Lipinski definition) is 4. The summed E-state index contributed by atoms with van der Waals surface area (Å²) in [5, 5.41) is 1.14. The highest BCUT2D eigenvalue weighted by Crippen LogP contribution is 2.24. The van der Waals surface area contributed by atoms with Crippen molar-refractivity contribution in [2.45, 2.75) is 25.6 Å². The van der Waals surface area contributed by atoms with Crippen LogP contribution in [0.1, 0.15) is 18.4 Å². The van der Waals surface area contributed by atoms with Crippen LogP contribution in [0.2, 0.25) is 0 Å². The maximum atomic E-state index is 5.59. The highest BCUT2D eigenvalue weighted by Gasteiger charge is 2.14. The first kappa shape index (κ1) is 13.3. The van der Waals surface area contributed by atoms with Crippen molar-refractivity contribution in [1.82, 2.24) is 4.98 Å². The molecule has 106 valence electrons. The SMILES string of the molecule is COc1ccc2nccc(CCC3OCCCO3)c2c1. The molecule has 4 nitrogen and oxygen atoms in total. The molecular formula is C16H19NO3. The van der Waals surface area contributed by atoms with Crippen LogP contribution in [0.25, 0.3) is 10.9 Å². The predicted octanol–water partition coefficient (Wildman–Crippen LogP) is 2.94. The van der Waals surface area contributed by atoms with E-state index in [0.29, 0.717) is 0 Å². The quantitative estimate of drug-likeness (QED) is 0.858. The normalized spacial score (nSPS) is 16.4. The van der Waals surface area contributed by atoms with E-state index >= 15 is 0 Å². The van der Waals surface area contributed by atoms with Crippen molar-refractivity contribution in [2.75, 3.05) is 20.3 Å². The summed E-state index contributed by atoms with van der Waals surface area (Å²) in [4.78, 5) is 4.39. The first-order chi connectivity index (χ1) is 9.86. The van der Waals surface area contributed by atoms with Gasteiger partial charge in [0.15, 0.2) is 6.29 Å². The van der Waals surface area contributed by atoms with Gasteiger partial charge in [0.25, 0.3) is 0 Å². The number of aryl methyl sites for hydroxylation is 1. The zero-order valence-corrected chi connectivity index (χ0v) is 11.7. The molecule has 1 aromatic carbocycles. The van der Waals surface area contributed by atoms with Gasteiger partial charge in [0.2, 0.25) is 0 Å². The fraction of sp³-hybridized carbons (Fsp3) is 0.438. The smallest absolute Gasteiger partial charge is 0.157 e. The molecule has 4 heteroatoms. The highest BCUT2D eigenvalue weighted by molar-refractivity contribution is 5.83. The molecule has 0 radical (unpaired) electrons. The summed E-state index contributed by atoms with van der Waals surface area (Å²) in [5.74, 6) is 0.858. The summed E-state index contributed by atoms with van der Waals surface area (Å²) in [7, 11) is 1.68. The summed E-state index contributed by atoms with van der Waals surface area (Å²) in [6.45, 7) is 1.60. The zero-order valence-electron chi connectivity index (χ0n) is 11.7. The van der Waals surface area contributed by atoms with Gasteiger partial charge in [-0.25, -0.2) is 0 Å². The summed E-state index contributed by atoms with van der Waals surface area (Å²) >= 11 is 0. The van der Waals surface area contributed by atoms with Crippen LogP contribution in [-0.2, 0) is 15.9 Å². The van der Waals surface area contributed by atoms with Crippen LogP contribution in [0.4, 0.5) is 0 Å². The molecule has 0 atom stereocenters. The number of nitrogens with zero attached hydrogens (tertiary/aromatic N) is 1. The Morgan fingerprint density at radius 1 is 1.25 bits per heavy atom. The molecular weight excluding hydrogens is 254 g/mol. The van der Waals surface area contributed by atoms with E-state index in [4.69, 9.17) is 14.2 Å². The van der Waals surface area contributed by atoms with Crippen LogP contribution in [0, 0.1) is 0 Å². The van der Waals surface area contributed by atoms with Crippen LogP contribution in [0.3, 0.4) is 0 Å². The zero-order chi connectivity index (χ0) is 13.8. The molecule has 3 rings (SSSR count). The van der Waals surface area contributed by atoms with E-state index in [1.807, 2.05) is 24.4 Å². The number of ether oxygens (including phenoxy) is 3. The summed E-state index contributed by atoms with van der Waals surface area (Å²) in [6, 6.07) is 8.03. The van der Waals surface area contributed by atoms with E-state index in [-0.39, 0.29) is 6.29 Å². The standard InChI is InChI=1S/C16H19NO3/c1-18-13-4-5-15-14(11-13)12(7-8-17-15)3-6-16-19-9-2-10-20-16/h4-5,7-8,11,16H,2-3,6,9-10H2,1H3. The molecule has 0 aliphatic carbocycles. The maximum Gasteiger partial charge on any atom is 0.157 e. The lowest BCUT2D eigenvalue weighted by molar-refractivity contribution is -0.180. The van der Waals surface area contributed by atoms with Crippen LogP contribution in [0.5, 0.6) is 5.75 Å². The summed E-state index contributed by atoms with van der Waals surface area (Å²) in [6.07, 6.45) is 4.56. The Morgan fingerprint density at radius 2 is 2.10 bits per heavy atom. The van der Waals surface area contributed by atoms with Crippen LogP contribution < -0.4 is 4.74 Å². The van der Waals surface area contributed by atoms with Crippen molar-refractivity contribution in [3.05, 3.63) is 36.0 Å².